The molecule has 0 aliphatic heterocycles. The summed E-state index contributed by atoms with van der Waals surface area (Å²) in [5, 5.41) is 2.81. The van der Waals surface area contributed by atoms with Crippen molar-refractivity contribution in [2.24, 2.45) is 0 Å². The summed E-state index contributed by atoms with van der Waals surface area (Å²) in [6.07, 6.45) is 6.07. The first kappa shape index (κ1) is 21.4. The molecule has 154 valence electrons. The number of fused-ring (bicyclic) bond motifs is 1. The average Bonchev–Trinajstić information content (AvgIpc) is 3.12. The van der Waals surface area contributed by atoms with Gasteiger partial charge in [0.2, 0.25) is 15.9 Å². The molecule has 29 heavy (non-hydrogen) atoms. The third kappa shape index (κ3) is 5.59. The molecule has 1 amide bonds. The molecule has 0 saturated heterocycles. The van der Waals surface area contributed by atoms with Gasteiger partial charge in [-0.1, -0.05) is 18.2 Å². The Kier molecular flexibility index (Phi) is 6.94. The number of amides is 1. The van der Waals surface area contributed by atoms with Crippen molar-refractivity contribution >= 4 is 33.3 Å². The number of pyridine rings is 1. The minimum absolute atomic E-state index is 0.137. The molecule has 1 atom stereocenters. The maximum absolute atomic E-state index is 12.7. The molecule has 9 heteroatoms. The lowest BCUT2D eigenvalue weighted by molar-refractivity contribution is -0.122. The van der Waals surface area contributed by atoms with Gasteiger partial charge >= 0.3 is 0 Å². The van der Waals surface area contributed by atoms with E-state index >= 15 is 0 Å². The molecule has 0 bridgehead atoms. The van der Waals surface area contributed by atoms with Crippen LogP contribution in [0.3, 0.4) is 0 Å². The van der Waals surface area contributed by atoms with Crippen LogP contribution in [-0.2, 0) is 21.4 Å². The highest BCUT2D eigenvalue weighted by Crippen LogP contribution is 2.11. The van der Waals surface area contributed by atoms with Gasteiger partial charge in [0, 0.05) is 12.4 Å². The van der Waals surface area contributed by atoms with Gasteiger partial charge in [-0.3, -0.25) is 4.79 Å². The molecular weight excluding hydrogens is 408 g/mol. The predicted octanol–water partition coefficient (Wildman–Crippen LogP) is 2.36. The number of thioether (sulfide) groups is 1. The molecule has 0 fully saturated rings. The summed E-state index contributed by atoms with van der Waals surface area (Å²) in [5.74, 6) is 0.287. The fourth-order valence-electron chi connectivity index (χ4n) is 2.86. The van der Waals surface area contributed by atoms with Crippen LogP contribution in [0.25, 0.3) is 5.65 Å². The van der Waals surface area contributed by atoms with Crippen molar-refractivity contribution < 1.29 is 13.2 Å². The van der Waals surface area contributed by atoms with Gasteiger partial charge < -0.3 is 9.72 Å². The molecule has 2 N–H and O–H groups in total. The predicted molar refractivity (Wildman–Crippen MR) is 115 cm³/mol. The van der Waals surface area contributed by atoms with E-state index < -0.39 is 16.1 Å². The van der Waals surface area contributed by atoms with Gasteiger partial charge in [-0.2, -0.15) is 16.5 Å². The number of nitrogens with one attached hydrogen (secondary N) is 2. The van der Waals surface area contributed by atoms with Crippen LogP contribution in [0.5, 0.6) is 0 Å². The van der Waals surface area contributed by atoms with Crippen LogP contribution in [0.15, 0.2) is 59.8 Å². The second-order valence-corrected chi connectivity index (χ2v) is 9.39. The molecule has 2 aromatic heterocycles. The van der Waals surface area contributed by atoms with Crippen LogP contribution < -0.4 is 10.0 Å². The number of benzene rings is 1. The highest BCUT2D eigenvalue weighted by Gasteiger charge is 2.25. The lowest BCUT2D eigenvalue weighted by Crippen LogP contribution is -2.46. The van der Waals surface area contributed by atoms with Crippen molar-refractivity contribution in [2.45, 2.75) is 30.8 Å². The molecule has 1 unspecified atom stereocenters. The molecule has 3 rings (SSSR count). The largest absolute Gasteiger partial charge is 0.349 e. The van der Waals surface area contributed by atoms with E-state index in [-0.39, 0.29) is 17.3 Å². The van der Waals surface area contributed by atoms with E-state index in [1.165, 1.54) is 12.1 Å². The van der Waals surface area contributed by atoms with E-state index in [0.29, 0.717) is 17.9 Å². The fraction of sp³-hybridized carbons (Fsp3) is 0.300. The summed E-state index contributed by atoms with van der Waals surface area (Å²) in [6.45, 7) is 2.22. The second kappa shape index (κ2) is 9.43. The topological polar surface area (TPSA) is 92.6 Å². The first-order valence-electron chi connectivity index (χ1n) is 9.17. The molecule has 7 nitrogen and oxygen atoms in total. The molecule has 0 aliphatic rings. The van der Waals surface area contributed by atoms with E-state index in [4.69, 9.17) is 0 Å². The average molecular weight is 433 g/mol. The Labute approximate surface area is 175 Å². The molecule has 3 aromatic rings. The third-order valence-electron chi connectivity index (χ3n) is 4.39. The Morgan fingerprint density at radius 1 is 1.24 bits per heavy atom. The van der Waals surface area contributed by atoms with Crippen molar-refractivity contribution in [3.8, 4) is 0 Å². The lowest BCUT2D eigenvalue weighted by atomic mass is 10.2. The SMILES string of the molecule is CSCCC(NS(=O)(=O)c1ccccc1)C(=O)NCc1cn2ccc(C)cc2n1. The van der Waals surface area contributed by atoms with Crippen molar-refractivity contribution in [1.29, 1.82) is 0 Å². The molecular formula is C20H24N4O3S2. The van der Waals surface area contributed by atoms with E-state index in [9.17, 15) is 13.2 Å². The maximum Gasteiger partial charge on any atom is 0.241 e. The van der Waals surface area contributed by atoms with Crippen LogP contribution in [0.1, 0.15) is 17.7 Å². The fourth-order valence-corrected chi connectivity index (χ4v) is 4.58. The zero-order valence-corrected chi connectivity index (χ0v) is 18.0. The lowest BCUT2D eigenvalue weighted by Gasteiger charge is -2.18. The maximum atomic E-state index is 12.7. The molecule has 0 radical (unpaired) electrons. The van der Waals surface area contributed by atoms with Crippen LogP contribution in [-0.4, -0.2) is 41.8 Å². The number of rotatable bonds is 9. The van der Waals surface area contributed by atoms with Gasteiger partial charge in [0.15, 0.2) is 0 Å². The monoisotopic (exact) mass is 432 g/mol. The Morgan fingerprint density at radius 2 is 2.00 bits per heavy atom. The Hall–Kier alpha value is -2.36. The standard InChI is InChI=1S/C20H24N4O3S2/c1-15-8-10-24-14-16(22-19(24)12-15)13-21-20(25)18(9-11-28-2)23-29(26,27)17-6-4-3-5-7-17/h3-8,10,12,14,18,23H,9,11,13H2,1-2H3,(H,21,25). The van der Waals surface area contributed by atoms with E-state index in [1.807, 2.05) is 42.1 Å². The Morgan fingerprint density at radius 3 is 2.72 bits per heavy atom. The van der Waals surface area contributed by atoms with Gasteiger partial charge in [-0.25, -0.2) is 13.4 Å². The Balaban J connectivity index is 1.69. The number of sulfonamides is 1. The number of aryl methyl sites for hydroxylation is 1. The number of aromatic nitrogens is 2. The number of carbonyl (C=O) groups is 1. The minimum atomic E-state index is -3.78. The zero-order chi connectivity index (χ0) is 20.9. The van der Waals surface area contributed by atoms with Gasteiger partial charge in [-0.05, 0) is 55.2 Å². The van der Waals surface area contributed by atoms with Gasteiger partial charge in [0.05, 0.1) is 17.1 Å². The van der Waals surface area contributed by atoms with Gasteiger partial charge in [0.1, 0.15) is 11.7 Å². The summed E-state index contributed by atoms with van der Waals surface area (Å²) in [5.41, 5.74) is 2.61. The van der Waals surface area contributed by atoms with Gasteiger partial charge in [-0.15, -0.1) is 0 Å². The van der Waals surface area contributed by atoms with E-state index in [2.05, 4.69) is 15.0 Å². The van der Waals surface area contributed by atoms with Crippen molar-refractivity contribution in [3.05, 3.63) is 66.1 Å². The highest BCUT2D eigenvalue weighted by atomic mass is 32.2. The van der Waals surface area contributed by atoms with Crippen LogP contribution in [0.4, 0.5) is 0 Å². The zero-order valence-electron chi connectivity index (χ0n) is 16.3. The summed E-state index contributed by atoms with van der Waals surface area (Å²) >= 11 is 1.56. The summed E-state index contributed by atoms with van der Waals surface area (Å²) in [7, 11) is -3.78. The molecule has 1 aromatic carbocycles. The van der Waals surface area contributed by atoms with Crippen LogP contribution in [0.2, 0.25) is 0 Å². The smallest absolute Gasteiger partial charge is 0.241 e. The van der Waals surface area contributed by atoms with Crippen molar-refractivity contribution in [2.75, 3.05) is 12.0 Å². The normalized spacial score (nSPS) is 12.8. The van der Waals surface area contributed by atoms with E-state index in [1.54, 1.807) is 30.0 Å². The molecule has 0 spiro atoms. The summed E-state index contributed by atoms with van der Waals surface area (Å²) < 4.78 is 29.7. The minimum Gasteiger partial charge on any atom is -0.349 e. The molecule has 2 heterocycles. The quantitative estimate of drug-likeness (QED) is 0.542. The summed E-state index contributed by atoms with van der Waals surface area (Å²) in [6, 6.07) is 11.1. The summed E-state index contributed by atoms with van der Waals surface area (Å²) in [4.78, 5) is 17.4. The second-order valence-electron chi connectivity index (χ2n) is 6.69. The Bertz CT molecular complexity index is 1080. The number of nitrogens with zero attached hydrogens (tertiary/aromatic N) is 2. The van der Waals surface area contributed by atoms with Crippen molar-refractivity contribution in [1.82, 2.24) is 19.4 Å². The first-order valence-corrected chi connectivity index (χ1v) is 12.0. The van der Waals surface area contributed by atoms with Crippen LogP contribution >= 0.6 is 11.8 Å². The van der Waals surface area contributed by atoms with E-state index in [0.717, 1.165) is 11.2 Å². The number of carbonyl (C=O) groups excluding carboxylic acids is 1. The molecule has 0 aliphatic carbocycles. The highest BCUT2D eigenvalue weighted by molar-refractivity contribution is 7.98. The first-order chi connectivity index (χ1) is 13.9. The molecule has 0 saturated carbocycles. The van der Waals surface area contributed by atoms with Crippen LogP contribution in [0, 0.1) is 6.92 Å². The number of hydrogen-bond donors (Lipinski definition) is 2. The van der Waals surface area contributed by atoms with Crippen molar-refractivity contribution in [3.63, 3.8) is 0 Å². The number of imidazole rings is 1. The third-order valence-corrected chi connectivity index (χ3v) is 6.52. The van der Waals surface area contributed by atoms with Gasteiger partial charge in [0.25, 0.3) is 0 Å². The number of hydrogen-bond acceptors (Lipinski definition) is 5.